The second kappa shape index (κ2) is 7.98. The van der Waals surface area contributed by atoms with Crippen LogP contribution in [0.15, 0.2) is 46.6 Å². The van der Waals surface area contributed by atoms with Crippen LogP contribution >= 0.6 is 11.3 Å². The monoisotopic (exact) mass is 395 g/mol. The number of rotatable bonds is 5. The molecule has 2 aromatic heterocycles. The Morgan fingerprint density at radius 1 is 1.32 bits per heavy atom. The van der Waals surface area contributed by atoms with E-state index in [0.29, 0.717) is 43.7 Å². The fourth-order valence-corrected chi connectivity index (χ4v) is 4.12. The second-order valence-electron chi connectivity index (χ2n) is 6.79. The van der Waals surface area contributed by atoms with E-state index in [1.807, 2.05) is 41.8 Å². The van der Waals surface area contributed by atoms with Gasteiger partial charge in [0.1, 0.15) is 11.6 Å². The highest BCUT2D eigenvalue weighted by atomic mass is 32.1. The maximum absolute atomic E-state index is 12.6. The Labute approximate surface area is 166 Å². The van der Waals surface area contributed by atoms with E-state index < -0.39 is 0 Å². The van der Waals surface area contributed by atoms with Gasteiger partial charge in [0.05, 0.1) is 31.3 Å². The molecule has 3 aromatic rings. The van der Waals surface area contributed by atoms with E-state index in [2.05, 4.69) is 9.97 Å². The fraction of sp³-hybridized carbons (Fsp3) is 0.286. The van der Waals surface area contributed by atoms with E-state index in [1.54, 1.807) is 23.3 Å². The number of aromatic nitrogens is 2. The van der Waals surface area contributed by atoms with Crippen molar-refractivity contribution >= 4 is 17.2 Å². The van der Waals surface area contributed by atoms with E-state index in [0.717, 1.165) is 21.9 Å². The highest BCUT2D eigenvalue weighted by Gasteiger charge is 2.24. The summed E-state index contributed by atoms with van der Waals surface area (Å²) in [7, 11) is 1.63. The number of nitrogens with one attached hydrogen (secondary N) is 1. The first kappa shape index (κ1) is 18.4. The molecule has 1 aliphatic heterocycles. The minimum Gasteiger partial charge on any atom is -0.497 e. The first-order valence-electron chi connectivity index (χ1n) is 9.16. The lowest BCUT2D eigenvalue weighted by atomic mass is 10.1. The van der Waals surface area contributed by atoms with Crippen molar-refractivity contribution < 1.29 is 9.53 Å². The lowest BCUT2D eigenvalue weighted by molar-refractivity contribution is -0.131. The number of methoxy groups -OCH3 is 1. The molecule has 0 fully saturated rings. The average molecular weight is 395 g/mol. The van der Waals surface area contributed by atoms with E-state index in [1.165, 1.54) is 0 Å². The Morgan fingerprint density at radius 2 is 2.21 bits per heavy atom. The highest BCUT2D eigenvalue weighted by molar-refractivity contribution is 7.10. The van der Waals surface area contributed by atoms with Crippen molar-refractivity contribution in [2.24, 2.45) is 0 Å². The standard InChI is InChI=1S/C21H21N3O3S/c1-27-15-5-2-4-14(10-15)11-19-22-18-7-8-24(13-17(18)21(26)23-19)20(25)12-16-6-3-9-28-16/h2-6,9-10H,7-8,11-13H2,1H3,(H,22,23,26). The van der Waals surface area contributed by atoms with Crippen molar-refractivity contribution in [1.82, 2.24) is 14.9 Å². The summed E-state index contributed by atoms with van der Waals surface area (Å²) < 4.78 is 5.25. The van der Waals surface area contributed by atoms with Crippen LogP contribution in [0.4, 0.5) is 0 Å². The summed E-state index contributed by atoms with van der Waals surface area (Å²) in [5.74, 6) is 1.46. The van der Waals surface area contributed by atoms with Crippen LogP contribution in [0.2, 0.25) is 0 Å². The van der Waals surface area contributed by atoms with Gasteiger partial charge in [0, 0.05) is 24.3 Å². The smallest absolute Gasteiger partial charge is 0.256 e. The normalized spacial score (nSPS) is 13.2. The van der Waals surface area contributed by atoms with Gasteiger partial charge in [-0.15, -0.1) is 11.3 Å². The Kier molecular flexibility index (Phi) is 5.25. The van der Waals surface area contributed by atoms with Crippen molar-refractivity contribution in [2.45, 2.75) is 25.8 Å². The number of carbonyl (C=O) groups is 1. The molecule has 0 saturated carbocycles. The van der Waals surface area contributed by atoms with Gasteiger partial charge in [0.25, 0.3) is 5.56 Å². The molecule has 0 radical (unpaired) electrons. The Balaban J connectivity index is 1.50. The van der Waals surface area contributed by atoms with Crippen LogP contribution < -0.4 is 10.3 Å². The summed E-state index contributed by atoms with van der Waals surface area (Å²) in [6.07, 6.45) is 1.51. The molecule has 3 heterocycles. The quantitative estimate of drug-likeness (QED) is 0.720. The largest absolute Gasteiger partial charge is 0.497 e. The number of thiophene rings is 1. The van der Waals surface area contributed by atoms with Gasteiger partial charge < -0.3 is 14.6 Å². The molecule has 0 unspecified atom stereocenters. The molecular weight excluding hydrogens is 374 g/mol. The molecule has 0 atom stereocenters. The van der Waals surface area contributed by atoms with Crippen LogP contribution in [0.1, 0.15) is 27.5 Å². The summed E-state index contributed by atoms with van der Waals surface area (Å²) in [4.78, 5) is 35.5. The molecule has 1 N–H and O–H groups in total. The summed E-state index contributed by atoms with van der Waals surface area (Å²) in [5.41, 5.74) is 2.25. The van der Waals surface area contributed by atoms with Crippen molar-refractivity contribution in [3.05, 3.63) is 79.7 Å². The third-order valence-corrected chi connectivity index (χ3v) is 5.76. The second-order valence-corrected chi connectivity index (χ2v) is 7.82. The average Bonchev–Trinajstić information content (AvgIpc) is 3.21. The van der Waals surface area contributed by atoms with Crippen molar-refractivity contribution in [3.8, 4) is 5.75 Å². The molecule has 0 spiro atoms. The van der Waals surface area contributed by atoms with E-state index in [9.17, 15) is 9.59 Å². The van der Waals surface area contributed by atoms with Crippen molar-refractivity contribution in [1.29, 1.82) is 0 Å². The van der Waals surface area contributed by atoms with Crippen LogP contribution in [0.5, 0.6) is 5.75 Å². The van der Waals surface area contributed by atoms with E-state index >= 15 is 0 Å². The summed E-state index contributed by atoms with van der Waals surface area (Å²) in [5, 5.41) is 1.96. The third kappa shape index (κ3) is 3.99. The lowest BCUT2D eigenvalue weighted by Crippen LogP contribution is -2.40. The predicted molar refractivity (Wildman–Crippen MR) is 108 cm³/mol. The number of amides is 1. The molecule has 0 aliphatic carbocycles. The molecule has 4 rings (SSSR count). The predicted octanol–water partition coefficient (Wildman–Crippen LogP) is 2.56. The van der Waals surface area contributed by atoms with Gasteiger partial charge in [-0.1, -0.05) is 18.2 Å². The third-order valence-electron chi connectivity index (χ3n) is 4.88. The van der Waals surface area contributed by atoms with Gasteiger partial charge in [-0.2, -0.15) is 0 Å². The van der Waals surface area contributed by atoms with Crippen LogP contribution in [-0.2, 0) is 30.6 Å². The van der Waals surface area contributed by atoms with Gasteiger partial charge in [0.2, 0.25) is 5.91 Å². The Morgan fingerprint density at radius 3 is 3.00 bits per heavy atom. The van der Waals surface area contributed by atoms with Crippen LogP contribution in [0.25, 0.3) is 0 Å². The molecule has 1 aromatic carbocycles. The number of hydrogen-bond acceptors (Lipinski definition) is 5. The first-order valence-corrected chi connectivity index (χ1v) is 10.0. The molecule has 0 saturated heterocycles. The zero-order valence-electron chi connectivity index (χ0n) is 15.6. The molecule has 7 heteroatoms. The van der Waals surface area contributed by atoms with Gasteiger partial charge in [-0.3, -0.25) is 9.59 Å². The number of nitrogens with zero attached hydrogens (tertiary/aromatic N) is 2. The van der Waals surface area contributed by atoms with Crippen LogP contribution in [0.3, 0.4) is 0 Å². The van der Waals surface area contributed by atoms with Crippen LogP contribution in [-0.4, -0.2) is 34.4 Å². The molecule has 144 valence electrons. The van der Waals surface area contributed by atoms with Crippen molar-refractivity contribution in [2.75, 3.05) is 13.7 Å². The summed E-state index contributed by atoms with van der Waals surface area (Å²) in [6, 6.07) is 11.6. The molecular formula is C21H21N3O3S. The van der Waals surface area contributed by atoms with Gasteiger partial charge in [0.15, 0.2) is 0 Å². The number of carbonyl (C=O) groups excluding carboxylic acids is 1. The minimum absolute atomic E-state index is 0.0490. The summed E-state index contributed by atoms with van der Waals surface area (Å²) >= 11 is 1.57. The minimum atomic E-state index is -0.156. The molecule has 6 nitrogen and oxygen atoms in total. The first-order chi connectivity index (χ1) is 13.6. The number of fused-ring (bicyclic) bond motifs is 1. The Hall–Kier alpha value is -2.93. The molecule has 28 heavy (non-hydrogen) atoms. The zero-order chi connectivity index (χ0) is 19.5. The lowest BCUT2D eigenvalue weighted by Gasteiger charge is -2.27. The highest BCUT2D eigenvalue weighted by Crippen LogP contribution is 2.18. The molecule has 1 amide bonds. The Bertz CT molecular complexity index is 1040. The van der Waals surface area contributed by atoms with Crippen LogP contribution in [0, 0.1) is 0 Å². The topological polar surface area (TPSA) is 75.3 Å². The number of ether oxygens (including phenoxy) is 1. The zero-order valence-corrected chi connectivity index (χ0v) is 16.4. The number of aromatic amines is 1. The fourth-order valence-electron chi connectivity index (χ4n) is 3.42. The summed E-state index contributed by atoms with van der Waals surface area (Å²) in [6.45, 7) is 0.910. The number of benzene rings is 1. The van der Waals surface area contributed by atoms with Gasteiger partial charge in [-0.25, -0.2) is 4.98 Å². The van der Waals surface area contributed by atoms with E-state index in [-0.39, 0.29) is 11.5 Å². The van der Waals surface area contributed by atoms with Gasteiger partial charge in [-0.05, 0) is 29.1 Å². The van der Waals surface area contributed by atoms with Gasteiger partial charge >= 0.3 is 0 Å². The number of H-pyrrole nitrogens is 1. The molecule has 0 bridgehead atoms. The van der Waals surface area contributed by atoms with E-state index in [4.69, 9.17) is 4.74 Å². The number of hydrogen-bond donors (Lipinski definition) is 1. The van der Waals surface area contributed by atoms with Crippen molar-refractivity contribution in [3.63, 3.8) is 0 Å². The molecule has 1 aliphatic rings. The maximum atomic E-state index is 12.6. The maximum Gasteiger partial charge on any atom is 0.256 e. The SMILES string of the molecule is COc1cccc(Cc2nc3c(c(=O)[nH]2)CN(C(=O)Cc2cccs2)CC3)c1.